The summed E-state index contributed by atoms with van der Waals surface area (Å²) >= 11 is 1.96. The van der Waals surface area contributed by atoms with E-state index in [1.54, 1.807) is 0 Å². The van der Waals surface area contributed by atoms with Crippen LogP contribution in [0.1, 0.15) is 31.4 Å². The maximum Gasteiger partial charge on any atom is 0.186 e. The van der Waals surface area contributed by atoms with Gasteiger partial charge >= 0.3 is 0 Å². The van der Waals surface area contributed by atoms with Crippen LogP contribution in [0.15, 0.2) is 24.3 Å². The topological polar surface area (TPSA) is 61.6 Å². The van der Waals surface area contributed by atoms with Crippen LogP contribution in [0.25, 0.3) is 10.9 Å². The Bertz CT molecular complexity index is 672. The molecule has 108 valence electrons. The Balaban J connectivity index is 1.88. The van der Waals surface area contributed by atoms with E-state index in [9.17, 15) is 5.26 Å². The lowest BCUT2D eigenvalue weighted by molar-refractivity contribution is 0.473. The summed E-state index contributed by atoms with van der Waals surface area (Å²) in [6, 6.07) is 10.4. The van der Waals surface area contributed by atoms with Gasteiger partial charge in [0.2, 0.25) is 0 Å². The van der Waals surface area contributed by atoms with Crippen LogP contribution in [-0.4, -0.2) is 27.7 Å². The molecule has 2 aromatic rings. The molecule has 0 unspecified atom stereocenters. The molecule has 0 amide bonds. The fraction of sp³-hybridized carbons (Fsp3) is 0.438. The minimum absolute atomic E-state index is 0.390. The Labute approximate surface area is 129 Å². The Morgan fingerprint density at radius 3 is 2.67 bits per heavy atom. The Hall–Kier alpha value is -1.80. The molecule has 0 aliphatic heterocycles. The fourth-order valence-corrected chi connectivity index (χ4v) is 3.67. The molecule has 1 saturated carbocycles. The summed E-state index contributed by atoms with van der Waals surface area (Å²) in [5.41, 5.74) is 2.06. The third kappa shape index (κ3) is 2.96. The van der Waals surface area contributed by atoms with E-state index in [-0.39, 0.29) is 0 Å². The number of thioether (sulfide) groups is 1. The summed E-state index contributed by atoms with van der Waals surface area (Å²) in [5, 5.41) is 22.8. The minimum Gasteiger partial charge on any atom is -0.379 e. The molecular formula is C16H18N4S. The highest BCUT2D eigenvalue weighted by Gasteiger charge is 2.22. The van der Waals surface area contributed by atoms with Crippen LogP contribution in [0.4, 0.5) is 5.69 Å². The molecule has 4 nitrogen and oxygen atoms in total. The summed E-state index contributed by atoms with van der Waals surface area (Å²) in [6.45, 7) is 0. The maximum absolute atomic E-state index is 9.29. The van der Waals surface area contributed by atoms with E-state index in [0.29, 0.717) is 11.7 Å². The van der Waals surface area contributed by atoms with Crippen LogP contribution in [-0.2, 0) is 0 Å². The monoisotopic (exact) mass is 298 g/mol. The molecule has 3 rings (SSSR count). The van der Waals surface area contributed by atoms with Crippen molar-refractivity contribution in [1.29, 1.82) is 5.26 Å². The number of nitrogens with one attached hydrogen (secondary N) is 1. The van der Waals surface area contributed by atoms with Crippen LogP contribution < -0.4 is 5.32 Å². The SMILES string of the molecule is CSC1CCC(Nc2c(C#N)nnc3ccccc23)CC1. The molecular weight excluding hydrogens is 280 g/mol. The third-order valence-electron chi connectivity index (χ3n) is 4.13. The van der Waals surface area contributed by atoms with Crippen LogP contribution in [0.2, 0.25) is 0 Å². The largest absolute Gasteiger partial charge is 0.379 e. The lowest BCUT2D eigenvalue weighted by Gasteiger charge is -2.29. The van der Waals surface area contributed by atoms with Gasteiger partial charge < -0.3 is 5.32 Å². The molecule has 5 heteroatoms. The van der Waals surface area contributed by atoms with E-state index in [1.807, 2.05) is 36.0 Å². The molecule has 1 aromatic heterocycles. The van der Waals surface area contributed by atoms with Crippen LogP contribution >= 0.6 is 11.8 Å². The van der Waals surface area contributed by atoms with Crippen molar-refractivity contribution in [3.05, 3.63) is 30.0 Å². The first-order valence-electron chi connectivity index (χ1n) is 7.26. The number of aromatic nitrogens is 2. The highest BCUT2D eigenvalue weighted by molar-refractivity contribution is 7.99. The number of fused-ring (bicyclic) bond motifs is 1. The number of nitrogens with zero attached hydrogens (tertiary/aromatic N) is 3. The Morgan fingerprint density at radius 1 is 1.19 bits per heavy atom. The normalized spacial score (nSPS) is 21.9. The van der Waals surface area contributed by atoms with Gasteiger partial charge in [-0.1, -0.05) is 18.2 Å². The highest BCUT2D eigenvalue weighted by Crippen LogP contribution is 2.31. The first-order chi connectivity index (χ1) is 10.3. The summed E-state index contributed by atoms with van der Waals surface area (Å²) in [4.78, 5) is 0. The zero-order valence-electron chi connectivity index (χ0n) is 12.0. The number of benzene rings is 1. The number of nitriles is 1. The molecule has 1 fully saturated rings. The molecule has 1 aliphatic rings. The van der Waals surface area contributed by atoms with Gasteiger partial charge in [-0.2, -0.15) is 17.0 Å². The first kappa shape index (κ1) is 14.2. The molecule has 1 aromatic carbocycles. The second kappa shape index (κ2) is 6.31. The molecule has 1 aliphatic carbocycles. The van der Waals surface area contributed by atoms with E-state index in [2.05, 4.69) is 27.8 Å². The molecule has 1 N–H and O–H groups in total. The molecule has 21 heavy (non-hydrogen) atoms. The Kier molecular flexibility index (Phi) is 4.26. The van der Waals surface area contributed by atoms with Gasteiger partial charge in [-0.3, -0.25) is 0 Å². The van der Waals surface area contributed by atoms with E-state index in [1.165, 1.54) is 12.8 Å². The van der Waals surface area contributed by atoms with Crippen molar-refractivity contribution in [2.45, 2.75) is 37.0 Å². The van der Waals surface area contributed by atoms with E-state index < -0.39 is 0 Å². The van der Waals surface area contributed by atoms with Crippen molar-refractivity contribution in [2.75, 3.05) is 11.6 Å². The molecule has 0 spiro atoms. The lowest BCUT2D eigenvalue weighted by Crippen LogP contribution is -2.27. The average Bonchev–Trinajstić information content (AvgIpc) is 2.56. The average molecular weight is 298 g/mol. The minimum atomic E-state index is 0.390. The van der Waals surface area contributed by atoms with Gasteiger partial charge in [0.05, 0.1) is 11.2 Å². The van der Waals surface area contributed by atoms with Gasteiger partial charge in [-0.15, -0.1) is 10.2 Å². The standard InChI is InChI=1S/C16H18N4S/c1-21-12-8-6-11(7-9-12)18-16-13-4-2-3-5-14(13)19-20-15(16)10-17/h2-5,11-12H,6-9H2,1H3,(H,18,19). The van der Waals surface area contributed by atoms with Gasteiger partial charge in [-0.25, -0.2) is 0 Å². The summed E-state index contributed by atoms with van der Waals surface area (Å²) < 4.78 is 0. The van der Waals surface area contributed by atoms with E-state index >= 15 is 0 Å². The second-order valence-electron chi connectivity index (χ2n) is 5.41. The lowest BCUT2D eigenvalue weighted by atomic mass is 9.94. The smallest absolute Gasteiger partial charge is 0.186 e. The number of anilines is 1. The van der Waals surface area contributed by atoms with Crippen molar-refractivity contribution < 1.29 is 0 Å². The number of hydrogen-bond acceptors (Lipinski definition) is 5. The predicted octanol–water partition coefficient (Wildman–Crippen LogP) is 3.59. The Morgan fingerprint density at radius 2 is 1.95 bits per heavy atom. The van der Waals surface area contributed by atoms with Gasteiger partial charge in [0.25, 0.3) is 0 Å². The molecule has 1 heterocycles. The van der Waals surface area contributed by atoms with Crippen LogP contribution in [0.5, 0.6) is 0 Å². The van der Waals surface area contributed by atoms with Gasteiger partial charge in [0.1, 0.15) is 6.07 Å². The zero-order chi connectivity index (χ0) is 14.7. The molecule has 0 radical (unpaired) electrons. The summed E-state index contributed by atoms with van der Waals surface area (Å²) in [7, 11) is 0. The van der Waals surface area contributed by atoms with E-state index in [0.717, 1.165) is 34.7 Å². The summed E-state index contributed by atoms with van der Waals surface area (Å²) in [6.07, 6.45) is 6.95. The predicted molar refractivity (Wildman–Crippen MR) is 87.4 cm³/mol. The van der Waals surface area contributed by atoms with Crippen molar-refractivity contribution in [2.24, 2.45) is 0 Å². The molecule has 0 bridgehead atoms. The molecule has 0 atom stereocenters. The van der Waals surface area contributed by atoms with Crippen molar-refractivity contribution >= 4 is 28.4 Å². The second-order valence-corrected chi connectivity index (χ2v) is 6.54. The maximum atomic E-state index is 9.29. The quantitative estimate of drug-likeness (QED) is 0.938. The highest BCUT2D eigenvalue weighted by atomic mass is 32.2. The molecule has 0 saturated heterocycles. The van der Waals surface area contributed by atoms with Crippen molar-refractivity contribution in [1.82, 2.24) is 10.2 Å². The van der Waals surface area contributed by atoms with Gasteiger partial charge in [0, 0.05) is 16.7 Å². The number of rotatable bonds is 3. The first-order valence-corrected chi connectivity index (χ1v) is 8.55. The van der Waals surface area contributed by atoms with E-state index in [4.69, 9.17) is 0 Å². The third-order valence-corrected chi connectivity index (χ3v) is 5.27. The van der Waals surface area contributed by atoms with Crippen LogP contribution in [0.3, 0.4) is 0 Å². The number of hydrogen-bond donors (Lipinski definition) is 1. The zero-order valence-corrected chi connectivity index (χ0v) is 12.9. The summed E-state index contributed by atoms with van der Waals surface area (Å²) in [5.74, 6) is 0. The van der Waals surface area contributed by atoms with Crippen molar-refractivity contribution in [3.63, 3.8) is 0 Å². The van der Waals surface area contributed by atoms with Crippen molar-refractivity contribution in [3.8, 4) is 6.07 Å². The fourth-order valence-electron chi connectivity index (χ4n) is 2.93. The van der Waals surface area contributed by atoms with Gasteiger partial charge in [0.15, 0.2) is 5.69 Å². The van der Waals surface area contributed by atoms with Crippen LogP contribution in [0, 0.1) is 11.3 Å². The van der Waals surface area contributed by atoms with Gasteiger partial charge in [-0.05, 0) is 38.0 Å².